The summed E-state index contributed by atoms with van der Waals surface area (Å²) in [5, 5.41) is 17.6. The normalized spacial score (nSPS) is 11.9. The smallest absolute Gasteiger partial charge is 0.243 e. The Morgan fingerprint density at radius 3 is 2.35 bits per heavy atom. The van der Waals surface area contributed by atoms with Crippen molar-refractivity contribution in [2.75, 3.05) is 32.0 Å². The van der Waals surface area contributed by atoms with Crippen LogP contribution in [0.5, 0.6) is 0 Å². The van der Waals surface area contributed by atoms with E-state index in [1.54, 1.807) is 0 Å². The molecule has 0 aliphatic rings. The zero-order valence-corrected chi connectivity index (χ0v) is 9.97. The lowest BCUT2D eigenvalue weighted by atomic mass is 10.5. The Morgan fingerprint density at radius 2 is 1.88 bits per heavy atom. The summed E-state index contributed by atoms with van der Waals surface area (Å²) < 4.78 is 25.2. The number of anilines is 1. The van der Waals surface area contributed by atoms with Crippen LogP contribution in [0.2, 0.25) is 0 Å². The molecule has 1 aromatic heterocycles. The van der Waals surface area contributed by atoms with Gasteiger partial charge in [-0.2, -0.15) is 4.31 Å². The minimum Gasteiger partial charge on any atom is -0.395 e. The zero-order chi connectivity index (χ0) is 12.9. The van der Waals surface area contributed by atoms with E-state index in [0.29, 0.717) is 0 Å². The first-order valence-corrected chi connectivity index (χ1v) is 6.39. The van der Waals surface area contributed by atoms with Gasteiger partial charge in [0.05, 0.1) is 18.1 Å². The molecule has 0 unspecified atom stereocenters. The summed E-state index contributed by atoms with van der Waals surface area (Å²) in [5.74, 6) is 0.0963. The van der Waals surface area contributed by atoms with Gasteiger partial charge in [-0.3, -0.25) is 0 Å². The number of aliphatic hydroxyl groups is 2. The van der Waals surface area contributed by atoms with E-state index >= 15 is 0 Å². The number of nitrogens with two attached hydrogens (primary N) is 1. The third-order valence-corrected chi connectivity index (χ3v) is 3.98. The van der Waals surface area contributed by atoms with Crippen LogP contribution in [0.4, 0.5) is 5.82 Å². The summed E-state index contributed by atoms with van der Waals surface area (Å²) >= 11 is 0. The van der Waals surface area contributed by atoms with Crippen LogP contribution in [0.1, 0.15) is 0 Å². The molecule has 0 saturated heterocycles. The minimum absolute atomic E-state index is 0.00750. The molecule has 0 spiro atoms. The molecule has 4 N–H and O–H groups in total. The number of hydrogen-bond donors (Lipinski definition) is 3. The molecule has 0 fully saturated rings. The van der Waals surface area contributed by atoms with Crippen molar-refractivity contribution in [3.8, 4) is 0 Å². The summed E-state index contributed by atoms with van der Waals surface area (Å²) in [5.41, 5.74) is 5.41. The Labute approximate surface area is 99.6 Å². The van der Waals surface area contributed by atoms with Crippen molar-refractivity contribution in [2.45, 2.75) is 4.90 Å². The highest BCUT2D eigenvalue weighted by molar-refractivity contribution is 7.89. The van der Waals surface area contributed by atoms with E-state index in [1.807, 2.05) is 0 Å². The van der Waals surface area contributed by atoms with Gasteiger partial charge in [0.25, 0.3) is 0 Å². The maximum absolute atomic E-state index is 12.1. The molecule has 0 aliphatic heterocycles. The Hall–Kier alpha value is -1.22. The maximum atomic E-state index is 12.1. The van der Waals surface area contributed by atoms with Crippen molar-refractivity contribution >= 4 is 15.8 Å². The molecule has 0 atom stereocenters. The van der Waals surface area contributed by atoms with E-state index in [4.69, 9.17) is 15.9 Å². The predicted molar refractivity (Wildman–Crippen MR) is 61.6 cm³/mol. The summed E-state index contributed by atoms with van der Waals surface area (Å²) in [7, 11) is -3.75. The molecule has 8 heteroatoms. The van der Waals surface area contributed by atoms with Gasteiger partial charge in [-0.25, -0.2) is 13.4 Å². The number of hydrogen-bond acceptors (Lipinski definition) is 6. The second kappa shape index (κ2) is 5.92. The molecule has 17 heavy (non-hydrogen) atoms. The topological polar surface area (TPSA) is 117 Å². The fourth-order valence-corrected chi connectivity index (χ4v) is 2.76. The van der Waals surface area contributed by atoms with E-state index < -0.39 is 10.0 Å². The van der Waals surface area contributed by atoms with Crippen LogP contribution in [0, 0.1) is 0 Å². The van der Waals surface area contributed by atoms with Crippen molar-refractivity contribution < 1.29 is 18.6 Å². The standard InChI is InChI=1S/C9H15N3O4S/c10-9-7-8(1-2-11-9)17(15,16)12(3-5-13)4-6-14/h1-2,7,13-14H,3-6H2,(H2,10,11). The third-order valence-electron chi connectivity index (χ3n) is 2.09. The van der Waals surface area contributed by atoms with Crippen LogP contribution in [0.25, 0.3) is 0 Å². The summed E-state index contributed by atoms with van der Waals surface area (Å²) in [4.78, 5) is 3.69. The molecule has 96 valence electrons. The van der Waals surface area contributed by atoms with E-state index in [0.717, 1.165) is 4.31 Å². The molecule has 0 aliphatic carbocycles. The minimum atomic E-state index is -3.75. The summed E-state index contributed by atoms with van der Waals surface area (Å²) in [6.45, 7) is -0.796. The van der Waals surface area contributed by atoms with E-state index in [9.17, 15) is 8.42 Å². The van der Waals surface area contributed by atoms with Crippen LogP contribution in [0.15, 0.2) is 23.2 Å². The fraction of sp³-hybridized carbons (Fsp3) is 0.444. The second-order valence-electron chi connectivity index (χ2n) is 3.27. The lowest BCUT2D eigenvalue weighted by molar-refractivity contribution is 0.217. The quantitative estimate of drug-likeness (QED) is 0.582. The Morgan fingerprint density at radius 1 is 1.29 bits per heavy atom. The molecule has 0 amide bonds. The average molecular weight is 261 g/mol. The number of nitrogens with zero attached hydrogens (tertiary/aromatic N) is 2. The molecule has 7 nitrogen and oxygen atoms in total. The van der Waals surface area contributed by atoms with Gasteiger partial charge in [0.15, 0.2) is 0 Å². The number of aromatic nitrogens is 1. The number of sulfonamides is 1. The van der Waals surface area contributed by atoms with Gasteiger partial charge in [0.1, 0.15) is 5.82 Å². The molecule has 0 bridgehead atoms. The number of nitrogen functional groups attached to an aromatic ring is 1. The van der Waals surface area contributed by atoms with E-state index in [1.165, 1.54) is 18.3 Å². The highest BCUT2D eigenvalue weighted by Crippen LogP contribution is 2.16. The summed E-state index contributed by atoms with van der Waals surface area (Å²) in [6, 6.07) is 2.55. The monoisotopic (exact) mass is 261 g/mol. The predicted octanol–water partition coefficient (Wildman–Crippen LogP) is -1.36. The van der Waals surface area contributed by atoms with Crippen LogP contribution >= 0.6 is 0 Å². The average Bonchev–Trinajstić information content (AvgIpc) is 2.29. The third kappa shape index (κ3) is 3.37. The first-order chi connectivity index (χ1) is 8.02. The maximum Gasteiger partial charge on any atom is 0.243 e. The molecule has 0 radical (unpaired) electrons. The van der Waals surface area contributed by atoms with Gasteiger partial charge < -0.3 is 15.9 Å². The van der Waals surface area contributed by atoms with Gasteiger partial charge in [0, 0.05) is 25.4 Å². The molecule has 1 rings (SSSR count). The largest absolute Gasteiger partial charge is 0.395 e. The van der Waals surface area contributed by atoms with Crippen molar-refractivity contribution in [1.82, 2.24) is 9.29 Å². The molecule has 0 saturated carbocycles. The molecular weight excluding hydrogens is 246 g/mol. The molecule has 1 aromatic rings. The molecular formula is C9H15N3O4S. The SMILES string of the molecule is Nc1cc(S(=O)(=O)N(CCO)CCO)ccn1. The molecule has 1 heterocycles. The van der Waals surface area contributed by atoms with Gasteiger partial charge in [-0.05, 0) is 6.07 Å². The van der Waals surface area contributed by atoms with Gasteiger partial charge >= 0.3 is 0 Å². The highest BCUT2D eigenvalue weighted by Gasteiger charge is 2.23. The number of rotatable bonds is 6. The summed E-state index contributed by atoms with van der Waals surface area (Å²) in [6.07, 6.45) is 1.29. The second-order valence-corrected chi connectivity index (χ2v) is 5.21. The Kier molecular flexibility index (Phi) is 4.82. The van der Waals surface area contributed by atoms with E-state index in [2.05, 4.69) is 4.98 Å². The highest BCUT2D eigenvalue weighted by atomic mass is 32.2. The number of pyridine rings is 1. The van der Waals surface area contributed by atoms with E-state index in [-0.39, 0.29) is 37.0 Å². The Balaban J connectivity index is 3.07. The first-order valence-electron chi connectivity index (χ1n) is 4.95. The van der Waals surface area contributed by atoms with Crippen molar-refractivity contribution in [3.05, 3.63) is 18.3 Å². The van der Waals surface area contributed by atoms with Gasteiger partial charge in [-0.15, -0.1) is 0 Å². The Bertz CT molecular complexity index is 457. The first kappa shape index (κ1) is 13.8. The van der Waals surface area contributed by atoms with Crippen molar-refractivity contribution in [3.63, 3.8) is 0 Å². The lowest BCUT2D eigenvalue weighted by Crippen LogP contribution is -2.35. The fourth-order valence-electron chi connectivity index (χ4n) is 1.31. The van der Waals surface area contributed by atoms with Crippen molar-refractivity contribution in [1.29, 1.82) is 0 Å². The van der Waals surface area contributed by atoms with Crippen molar-refractivity contribution in [2.24, 2.45) is 0 Å². The van der Waals surface area contributed by atoms with Crippen LogP contribution in [-0.4, -0.2) is 54.2 Å². The van der Waals surface area contributed by atoms with Crippen LogP contribution in [0.3, 0.4) is 0 Å². The van der Waals surface area contributed by atoms with Gasteiger partial charge in [0.2, 0.25) is 10.0 Å². The van der Waals surface area contributed by atoms with Crippen LogP contribution < -0.4 is 5.73 Å². The lowest BCUT2D eigenvalue weighted by Gasteiger charge is -2.20. The zero-order valence-electron chi connectivity index (χ0n) is 9.15. The number of aliphatic hydroxyl groups excluding tert-OH is 2. The van der Waals surface area contributed by atoms with Gasteiger partial charge in [-0.1, -0.05) is 0 Å². The molecule has 0 aromatic carbocycles. The van der Waals surface area contributed by atoms with Crippen LogP contribution in [-0.2, 0) is 10.0 Å².